The summed E-state index contributed by atoms with van der Waals surface area (Å²) in [5.74, 6) is -0.399. The minimum Gasteiger partial charge on any atom is -0.378 e. The van der Waals surface area contributed by atoms with Gasteiger partial charge in [0, 0.05) is 39.4 Å². The molecule has 0 saturated carbocycles. The number of hydrogen-bond donors (Lipinski definition) is 1. The lowest BCUT2D eigenvalue weighted by Gasteiger charge is -2.20. The van der Waals surface area contributed by atoms with Crippen LogP contribution in [0.4, 0.5) is 5.69 Å². The van der Waals surface area contributed by atoms with Gasteiger partial charge in [0.15, 0.2) is 0 Å². The van der Waals surface area contributed by atoms with Gasteiger partial charge in [-0.05, 0) is 48.7 Å². The third-order valence-corrected chi connectivity index (χ3v) is 7.52. The normalized spacial score (nSPS) is 15.4. The highest BCUT2D eigenvalue weighted by Crippen LogP contribution is 2.25. The van der Waals surface area contributed by atoms with Crippen LogP contribution in [0.2, 0.25) is 5.02 Å². The summed E-state index contributed by atoms with van der Waals surface area (Å²) in [6, 6.07) is 12.2. The summed E-state index contributed by atoms with van der Waals surface area (Å²) >= 11 is 6.22. The highest BCUT2D eigenvalue weighted by Gasteiger charge is 2.26. The zero-order chi connectivity index (χ0) is 21.7. The van der Waals surface area contributed by atoms with E-state index in [1.165, 1.54) is 22.5 Å². The number of nitrogens with one attached hydrogen (secondary N) is 1. The summed E-state index contributed by atoms with van der Waals surface area (Å²) in [6.45, 7) is 1.34. The smallest absolute Gasteiger partial charge is 0.253 e. The number of amides is 1. The quantitative estimate of drug-likeness (QED) is 0.726. The minimum atomic E-state index is -3.65. The van der Waals surface area contributed by atoms with Gasteiger partial charge < -0.3 is 10.2 Å². The summed E-state index contributed by atoms with van der Waals surface area (Å²) in [5, 5.41) is 3.05. The SMILES string of the molecule is CN(C)c1ccc(CNC(=O)c2cc(S(=O)(=O)N3CCCCCC3)ccc2Cl)cc1. The third kappa shape index (κ3) is 5.33. The minimum absolute atomic E-state index is 0.106. The Bertz CT molecular complexity index is 983. The number of rotatable bonds is 6. The molecule has 1 fully saturated rings. The number of carbonyl (C=O) groups excluding carboxylic acids is 1. The zero-order valence-corrected chi connectivity index (χ0v) is 19.0. The molecule has 1 saturated heterocycles. The van der Waals surface area contributed by atoms with Gasteiger partial charge in [-0.3, -0.25) is 4.79 Å². The molecular formula is C22H28ClN3O3S. The Labute approximate surface area is 183 Å². The first-order valence-corrected chi connectivity index (χ1v) is 11.9. The number of anilines is 1. The Balaban J connectivity index is 1.74. The van der Waals surface area contributed by atoms with E-state index in [-0.39, 0.29) is 15.5 Å². The average Bonchev–Trinajstić information content (AvgIpc) is 3.02. The van der Waals surface area contributed by atoms with Crippen LogP contribution >= 0.6 is 11.6 Å². The number of halogens is 1. The van der Waals surface area contributed by atoms with Crippen molar-refractivity contribution >= 4 is 33.2 Å². The molecule has 0 unspecified atom stereocenters. The third-order valence-electron chi connectivity index (χ3n) is 5.29. The van der Waals surface area contributed by atoms with Crippen molar-refractivity contribution in [3.8, 4) is 0 Å². The fourth-order valence-electron chi connectivity index (χ4n) is 3.46. The lowest BCUT2D eigenvalue weighted by atomic mass is 10.1. The first-order valence-electron chi connectivity index (χ1n) is 10.1. The van der Waals surface area contributed by atoms with E-state index in [0.717, 1.165) is 36.9 Å². The molecule has 8 heteroatoms. The fraction of sp³-hybridized carbons (Fsp3) is 0.409. The number of hydrogen-bond acceptors (Lipinski definition) is 4. The van der Waals surface area contributed by atoms with Crippen molar-refractivity contribution in [1.29, 1.82) is 0 Å². The molecule has 0 aliphatic carbocycles. The lowest BCUT2D eigenvalue weighted by molar-refractivity contribution is 0.0951. The van der Waals surface area contributed by atoms with Crippen LogP contribution in [0.1, 0.15) is 41.6 Å². The molecule has 0 atom stereocenters. The summed E-state index contributed by atoms with van der Waals surface area (Å²) in [4.78, 5) is 14.8. The fourth-order valence-corrected chi connectivity index (χ4v) is 5.21. The van der Waals surface area contributed by atoms with Crippen molar-refractivity contribution in [1.82, 2.24) is 9.62 Å². The van der Waals surface area contributed by atoms with Crippen LogP contribution in [0.3, 0.4) is 0 Å². The second-order valence-corrected chi connectivity index (χ2v) is 10.0. The maximum atomic E-state index is 13.0. The monoisotopic (exact) mass is 449 g/mol. The molecule has 0 radical (unpaired) electrons. The predicted octanol–water partition coefficient (Wildman–Crippen LogP) is 3.90. The van der Waals surface area contributed by atoms with Gasteiger partial charge >= 0.3 is 0 Å². The van der Waals surface area contributed by atoms with Crippen LogP contribution in [0.5, 0.6) is 0 Å². The standard InChI is InChI=1S/C22H28ClN3O3S/c1-25(2)18-9-7-17(8-10-18)16-24-22(27)20-15-19(11-12-21(20)23)30(28,29)26-13-5-3-4-6-14-26/h7-12,15H,3-6,13-14,16H2,1-2H3,(H,24,27). The molecule has 2 aromatic carbocycles. The van der Waals surface area contributed by atoms with Crippen molar-refractivity contribution in [2.45, 2.75) is 37.1 Å². The summed E-state index contributed by atoms with van der Waals surface area (Å²) in [6.07, 6.45) is 3.78. The molecule has 1 heterocycles. The van der Waals surface area contributed by atoms with Crippen LogP contribution < -0.4 is 10.2 Å². The predicted molar refractivity (Wildman–Crippen MR) is 121 cm³/mol. The van der Waals surface area contributed by atoms with E-state index in [4.69, 9.17) is 11.6 Å². The Morgan fingerprint density at radius 3 is 2.27 bits per heavy atom. The van der Waals surface area contributed by atoms with Crippen molar-refractivity contribution in [3.63, 3.8) is 0 Å². The van der Waals surface area contributed by atoms with Crippen molar-refractivity contribution in [3.05, 3.63) is 58.6 Å². The van der Waals surface area contributed by atoms with Crippen molar-refractivity contribution in [2.75, 3.05) is 32.1 Å². The summed E-state index contributed by atoms with van der Waals surface area (Å²) in [5.41, 5.74) is 2.18. The Kier molecular flexibility index (Phi) is 7.39. The van der Waals surface area contributed by atoms with Gasteiger partial charge in [-0.25, -0.2) is 8.42 Å². The van der Waals surface area contributed by atoms with Gasteiger partial charge in [0.2, 0.25) is 10.0 Å². The van der Waals surface area contributed by atoms with Gasteiger partial charge in [0.1, 0.15) is 0 Å². The molecule has 1 N–H and O–H groups in total. The largest absolute Gasteiger partial charge is 0.378 e. The van der Waals surface area contributed by atoms with E-state index in [1.54, 1.807) is 0 Å². The lowest BCUT2D eigenvalue weighted by Crippen LogP contribution is -2.32. The average molecular weight is 450 g/mol. The highest BCUT2D eigenvalue weighted by atomic mass is 35.5. The van der Waals surface area contributed by atoms with Gasteiger partial charge in [0.05, 0.1) is 15.5 Å². The highest BCUT2D eigenvalue weighted by molar-refractivity contribution is 7.89. The van der Waals surface area contributed by atoms with Crippen molar-refractivity contribution in [2.24, 2.45) is 0 Å². The Morgan fingerprint density at radius 1 is 1.03 bits per heavy atom. The van der Waals surface area contributed by atoms with E-state index in [1.807, 2.05) is 43.3 Å². The molecule has 3 rings (SSSR count). The molecular weight excluding hydrogens is 422 g/mol. The molecule has 162 valence electrons. The molecule has 1 aliphatic rings. The molecule has 0 aromatic heterocycles. The molecule has 0 spiro atoms. The molecule has 1 amide bonds. The summed E-state index contributed by atoms with van der Waals surface area (Å²) < 4.78 is 27.6. The van der Waals surface area contributed by atoms with Crippen molar-refractivity contribution < 1.29 is 13.2 Å². The summed E-state index contributed by atoms with van der Waals surface area (Å²) in [7, 11) is 0.279. The molecule has 6 nitrogen and oxygen atoms in total. The zero-order valence-electron chi connectivity index (χ0n) is 17.4. The van der Waals surface area contributed by atoms with Gasteiger partial charge in [-0.15, -0.1) is 0 Å². The number of nitrogens with zero attached hydrogens (tertiary/aromatic N) is 2. The van der Waals surface area contributed by atoms with E-state index in [9.17, 15) is 13.2 Å². The van der Waals surface area contributed by atoms with E-state index < -0.39 is 15.9 Å². The van der Waals surface area contributed by atoms with Crippen LogP contribution in [-0.2, 0) is 16.6 Å². The van der Waals surface area contributed by atoms with Gasteiger partial charge in [-0.2, -0.15) is 4.31 Å². The van der Waals surface area contributed by atoms with Crippen LogP contribution in [0.25, 0.3) is 0 Å². The second-order valence-electron chi connectivity index (χ2n) is 7.70. The molecule has 1 aliphatic heterocycles. The first kappa shape index (κ1) is 22.6. The Hall–Kier alpha value is -2.09. The van der Waals surface area contributed by atoms with Crippen LogP contribution in [0.15, 0.2) is 47.4 Å². The van der Waals surface area contributed by atoms with Crippen LogP contribution in [0, 0.1) is 0 Å². The molecule has 30 heavy (non-hydrogen) atoms. The second kappa shape index (κ2) is 9.81. The maximum Gasteiger partial charge on any atom is 0.253 e. The van der Waals surface area contributed by atoms with Gasteiger partial charge in [-0.1, -0.05) is 36.6 Å². The number of carbonyl (C=O) groups is 1. The van der Waals surface area contributed by atoms with Crippen LogP contribution in [-0.4, -0.2) is 45.8 Å². The van der Waals surface area contributed by atoms with Gasteiger partial charge in [0.25, 0.3) is 5.91 Å². The van der Waals surface area contributed by atoms with E-state index in [0.29, 0.717) is 19.6 Å². The maximum absolute atomic E-state index is 13.0. The van der Waals surface area contributed by atoms with E-state index >= 15 is 0 Å². The number of sulfonamides is 1. The van der Waals surface area contributed by atoms with E-state index in [2.05, 4.69) is 5.32 Å². The molecule has 2 aromatic rings. The topological polar surface area (TPSA) is 69.7 Å². The molecule has 0 bridgehead atoms. The first-order chi connectivity index (χ1) is 14.3. The number of benzene rings is 2. The Morgan fingerprint density at radius 2 is 1.67 bits per heavy atom.